The molecule has 0 saturated carbocycles. The van der Waals surface area contributed by atoms with E-state index >= 15 is 0 Å². The zero-order valence-corrected chi connectivity index (χ0v) is 13.0. The molecule has 2 heterocycles. The van der Waals surface area contributed by atoms with E-state index in [0.29, 0.717) is 12.2 Å². The number of H-pyrrole nitrogens is 1. The van der Waals surface area contributed by atoms with Crippen LogP contribution in [0.4, 0.5) is 0 Å². The highest BCUT2D eigenvalue weighted by Gasteiger charge is 2.32. The van der Waals surface area contributed by atoms with Gasteiger partial charge < -0.3 is 10.6 Å². The lowest BCUT2D eigenvalue weighted by molar-refractivity contribution is -0.123. The standard InChI is InChI=1S/C17H20N4O2/c1-11-7-8-13(16(18)22)10-21(11)17(23)15-9-14(19-20-15)12-5-3-2-4-6-12/h2-6,9,11,13H,7-8,10H2,1H3,(H2,18,22)(H,19,20)/t11-,13-/m0/s1. The van der Waals surface area contributed by atoms with Gasteiger partial charge in [0.2, 0.25) is 5.91 Å². The lowest BCUT2D eigenvalue weighted by Crippen LogP contribution is -2.48. The van der Waals surface area contributed by atoms with Crippen molar-refractivity contribution in [3.05, 3.63) is 42.1 Å². The molecule has 0 aliphatic carbocycles. The number of carbonyl (C=O) groups is 2. The number of amides is 2. The largest absolute Gasteiger partial charge is 0.369 e. The Morgan fingerprint density at radius 1 is 1.26 bits per heavy atom. The highest BCUT2D eigenvalue weighted by atomic mass is 16.2. The second kappa shape index (κ2) is 6.24. The molecule has 0 unspecified atom stereocenters. The van der Waals surface area contributed by atoms with Crippen LogP contribution in [-0.4, -0.2) is 39.5 Å². The quantitative estimate of drug-likeness (QED) is 0.905. The monoisotopic (exact) mass is 312 g/mol. The van der Waals surface area contributed by atoms with Gasteiger partial charge >= 0.3 is 0 Å². The Hall–Kier alpha value is -2.63. The maximum atomic E-state index is 12.7. The number of likely N-dealkylation sites (tertiary alicyclic amines) is 1. The number of nitrogens with zero attached hydrogens (tertiary/aromatic N) is 2. The number of hydrogen-bond donors (Lipinski definition) is 2. The predicted octanol–water partition coefficient (Wildman–Crippen LogP) is 1.80. The molecule has 1 aliphatic heterocycles. The first-order chi connectivity index (χ1) is 11.1. The third-order valence-corrected chi connectivity index (χ3v) is 4.42. The van der Waals surface area contributed by atoms with Crippen molar-refractivity contribution >= 4 is 11.8 Å². The second-order valence-electron chi connectivity index (χ2n) is 6.02. The first-order valence-electron chi connectivity index (χ1n) is 7.77. The lowest BCUT2D eigenvalue weighted by Gasteiger charge is -2.36. The number of primary amides is 1. The predicted molar refractivity (Wildman–Crippen MR) is 86.4 cm³/mol. The fraction of sp³-hybridized carbons (Fsp3) is 0.353. The van der Waals surface area contributed by atoms with Gasteiger partial charge in [-0.05, 0) is 25.8 Å². The highest BCUT2D eigenvalue weighted by molar-refractivity contribution is 5.94. The Labute approximate surface area is 134 Å². The van der Waals surface area contributed by atoms with Crippen molar-refractivity contribution in [2.24, 2.45) is 11.7 Å². The molecule has 3 N–H and O–H groups in total. The number of nitrogens with two attached hydrogens (primary N) is 1. The van der Waals surface area contributed by atoms with E-state index in [1.807, 2.05) is 37.3 Å². The number of benzene rings is 1. The zero-order chi connectivity index (χ0) is 16.4. The van der Waals surface area contributed by atoms with Crippen molar-refractivity contribution in [3.8, 4) is 11.3 Å². The van der Waals surface area contributed by atoms with E-state index in [9.17, 15) is 9.59 Å². The van der Waals surface area contributed by atoms with E-state index in [0.717, 1.165) is 24.1 Å². The SMILES string of the molecule is C[C@H]1CC[C@H](C(N)=O)CN1C(=O)c1cc(-c2ccccc2)n[nH]1. The summed E-state index contributed by atoms with van der Waals surface area (Å²) in [6.07, 6.45) is 1.51. The molecule has 2 atom stereocenters. The van der Waals surface area contributed by atoms with Crippen molar-refractivity contribution in [3.63, 3.8) is 0 Å². The molecule has 1 aromatic carbocycles. The molecule has 6 nitrogen and oxygen atoms in total. The maximum Gasteiger partial charge on any atom is 0.272 e. The first-order valence-corrected chi connectivity index (χ1v) is 7.77. The minimum absolute atomic E-state index is 0.0848. The molecule has 0 spiro atoms. The lowest BCUT2D eigenvalue weighted by atomic mass is 9.92. The summed E-state index contributed by atoms with van der Waals surface area (Å²) >= 11 is 0. The van der Waals surface area contributed by atoms with Gasteiger partial charge in [-0.3, -0.25) is 14.7 Å². The van der Waals surface area contributed by atoms with Gasteiger partial charge in [0, 0.05) is 18.2 Å². The summed E-state index contributed by atoms with van der Waals surface area (Å²) in [6, 6.07) is 11.5. The number of carbonyl (C=O) groups excluding carboxylic acids is 2. The Kier molecular flexibility index (Phi) is 4.14. The zero-order valence-electron chi connectivity index (χ0n) is 13.0. The number of aromatic nitrogens is 2. The van der Waals surface area contributed by atoms with E-state index in [1.54, 1.807) is 11.0 Å². The molecule has 2 amide bonds. The van der Waals surface area contributed by atoms with Crippen LogP contribution >= 0.6 is 0 Å². The van der Waals surface area contributed by atoms with Gasteiger partial charge in [0.1, 0.15) is 5.69 Å². The molecule has 120 valence electrons. The molecular weight excluding hydrogens is 292 g/mol. The summed E-state index contributed by atoms with van der Waals surface area (Å²) in [7, 11) is 0. The molecule has 3 rings (SSSR count). The average Bonchev–Trinajstić information content (AvgIpc) is 3.05. The summed E-state index contributed by atoms with van der Waals surface area (Å²) in [5, 5.41) is 7.03. The average molecular weight is 312 g/mol. The molecule has 0 radical (unpaired) electrons. The van der Waals surface area contributed by atoms with Crippen molar-refractivity contribution in [2.45, 2.75) is 25.8 Å². The van der Waals surface area contributed by atoms with Crippen LogP contribution in [0.25, 0.3) is 11.3 Å². The van der Waals surface area contributed by atoms with Crippen molar-refractivity contribution in [1.29, 1.82) is 0 Å². The van der Waals surface area contributed by atoms with Crippen molar-refractivity contribution in [2.75, 3.05) is 6.54 Å². The van der Waals surface area contributed by atoms with E-state index in [2.05, 4.69) is 10.2 Å². The van der Waals surface area contributed by atoms with Crippen LogP contribution in [0.2, 0.25) is 0 Å². The summed E-state index contributed by atoms with van der Waals surface area (Å²) in [4.78, 5) is 25.9. The number of piperidine rings is 1. The van der Waals surface area contributed by atoms with Crippen molar-refractivity contribution < 1.29 is 9.59 Å². The molecule has 1 saturated heterocycles. The van der Waals surface area contributed by atoms with E-state index < -0.39 is 0 Å². The minimum atomic E-state index is -0.343. The summed E-state index contributed by atoms with van der Waals surface area (Å²) in [5.41, 5.74) is 7.50. The smallest absolute Gasteiger partial charge is 0.272 e. The van der Waals surface area contributed by atoms with E-state index in [-0.39, 0.29) is 23.8 Å². The fourth-order valence-electron chi connectivity index (χ4n) is 2.96. The molecule has 1 aliphatic rings. The first kappa shape index (κ1) is 15.3. The highest BCUT2D eigenvalue weighted by Crippen LogP contribution is 2.24. The Morgan fingerprint density at radius 3 is 2.70 bits per heavy atom. The van der Waals surface area contributed by atoms with Gasteiger partial charge in [-0.25, -0.2) is 0 Å². The van der Waals surface area contributed by atoms with Crippen LogP contribution in [-0.2, 0) is 4.79 Å². The molecule has 1 fully saturated rings. The Balaban J connectivity index is 1.80. The minimum Gasteiger partial charge on any atom is -0.369 e. The van der Waals surface area contributed by atoms with Gasteiger partial charge in [-0.2, -0.15) is 5.10 Å². The van der Waals surface area contributed by atoms with Crippen LogP contribution in [0.1, 0.15) is 30.3 Å². The molecular formula is C17H20N4O2. The van der Waals surface area contributed by atoms with Gasteiger partial charge in [0.05, 0.1) is 11.6 Å². The van der Waals surface area contributed by atoms with Gasteiger partial charge in [-0.1, -0.05) is 30.3 Å². The summed E-state index contributed by atoms with van der Waals surface area (Å²) in [5.74, 6) is -0.755. The van der Waals surface area contributed by atoms with Crippen LogP contribution in [0, 0.1) is 5.92 Å². The van der Waals surface area contributed by atoms with E-state index in [4.69, 9.17) is 5.73 Å². The molecule has 23 heavy (non-hydrogen) atoms. The number of hydrogen-bond acceptors (Lipinski definition) is 3. The molecule has 1 aromatic heterocycles. The Morgan fingerprint density at radius 2 is 2.00 bits per heavy atom. The van der Waals surface area contributed by atoms with Crippen molar-refractivity contribution in [1.82, 2.24) is 15.1 Å². The topological polar surface area (TPSA) is 92.1 Å². The van der Waals surface area contributed by atoms with Gasteiger partial charge in [0.15, 0.2) is 0 Å². The molecule has 6 heteroatoms. The van der Waals surface area contributed by atoms with Crippen LogP contribution < -0.4 is 5.73 Å². The van der Waals surface area contributed by atoms with Crippen LogP contribution in [0.15, 0.2) is 36.4 Å². The van der Waals surface area contributed by atoms with Gasteiger partial charge in [0.25, 0.3) is 5.91 Å². The number of aromatic amines is 1. The molecule has 0 bridgehead atoms. The molecule has 2 aromatic rings. The second-order valence-corrected chi connectivity index (χ2v) is 6.02. The van der Waals surface area contributed by atoms with Crippen LogP contribution in [0.5, 0.6) is 0 Å². The number of nitrogens with one attached hydrogen (secondary N) is 1. The summed E-state index contributed by atoms with van der Waals surface area (Å²) < 4.78 is 0. The van der Waals surface area contributed by atoms with E-state index in [1.165, 1.54) is 0 Å². The summed E-state index contributed by atoms with van der Waals surface area (Å²) in [6.45, 7) is 2.36. The third-order valence-electron chi connectivity index (χ3n) is 4.42. The maximum absolute atomic E-state index is 12.7. The Bertz CT molecular complexity index is 710. The normalized spacial score (nSPS) is 21.2. The number of rotatable bonds is 3. The van der Waals surface area contributed by atoms with Gasteiger partial charge in [-0.15, -0.1) is 0 Å². The van der Waals surface area contributed by atoms with Crippen LogP contribution in [0.3, 0.4) is 0 Å². The fourth-order valence-corrected chi connectivity index (χ4v) is 2.96. The third kappa shape index (κ3) is 3.11.